The van der Waals surface area contributed by atoms with Gasteiger partial charge in [0.25, 0.3) is 5.56 Å². The van der Waals surface area contributed by atoms with Crippen molar-refractivity contribution in [3.8, 4) is 39.9 Å². The van der Waals surface area contributed by atoms with Gasteiger partial charge in [0.05, 0.1) is 29.1 Å². The maximum atomic E-state index is 13.1. The predicted octanol–water partition coefficient (Wildman–Crippen LogP) is 8.87. The molecule has 10 heteroatoms. The molecule has 312 valence electrons. The fraction of sp³-hybridized carbons (Fsp3) is 0.314. The van der Waals surface area contributed by atoms with Crippen LogP contribution in [0.3, 0.4) is 0 Å². The van der Waals surface area contributed by atoms with E-state index < -0.39 is 5.60 Å². The van der Waals surface area contributed by atoms with Crippen molar-refractivity contribution in [3.63, 3.8) is 0 Å². The van der Waals surface area contributed by atoms with Gasteiger partial charge in [-0.15, -0.1) is 0 Å². The molecular weight excluding hydrogens is 765 g/mol. The molecule has 3 N–H and O–H groups in total. The van der Waals surface area contributed by atoms with Gasteiger partial charge in [0.15, 0.2) is 5.78 Å². The number of Topliss-reactive ketones (excluding diaryl/α,β-unsaturated/α-hetero) is 1. The van der Waals surface area contributed by atoms with Crippen molar-refractivity contribution in [1.29, 1.82) is 0 Å². The van der Waals surface area contributed by atoms with Crippen LogP contribution in [-0.4, -0.2) is 66.4 Å². The normalized spacial score (nSPS) is 17.3. The van der Waals surface area contributed by atoms with E-state index in [1.807, 2.05) is 54.6 Å². The van der Waals surface area contributed by atoms with Gasteiger partial charge < -0.3 is 29.2 Å². The summed E-state index contributed by atoms with van der Waals surface area (Å²) in [6.07, 6.45) is 6.17. The number of benzene rings is 4. The van der Waals surface area contributed by atoms with Gasteiger partial charge >= 0.3 is 0 Å². The largest absolute Gasteiger partial charge is 0.508 e. The minimum Gasteiger partial charge on any atom is -0.508 e. The van der Waals surface area contributed by atoms with Crippen LogP contribution in [0.4, 0.5) is 0 Å². The number of carbonyl (C=O) groups excluding carboxylic acids is 1. The lowest BCUT2D eigenvalue weighted by Crippen LogP contribution is -2.43. The number of ketones is 1. The highest BCUT2D eigenvalue weighted by Gasteiger charge is 2.43. The zero-order valence-corrected chi connectivity index (χ0v) is 34.9. The summed E-state index contributed by atoms with van der Waals surface area (Å²) in [4.78, 5) is 32.7. The van der Waals surface area contributed by atoms with Crippen molar-refractivity contribution >= 4 is 27.6 Å². The molecule has 0 bridgehead atoms. The van der Waals surface area contributed by atoms with E-state index in [1.165, 1.54) is 44.3 Å². The molecule has 1 saturated heterocycles. The van der Waals surface area contributed by atoms with Crippen molar-refractivity contribution in [2.45, 2.75) is 77.5 Å². The highest BCUT2D eigenvalue weighted by molar-refractivity contribution is 5.93. The van der Waals surface area contributed by atoms with Crippen LogP contribution < -0.4 is 10.3 Å². The number of aryl methyl sites for hydroxylation is 1. The molecule has 61 heavy (non-hydrogen) atoms. The molecule has 3 aromatic heterocycles. The predicted molar refractivity (Wildman–Crippen MR) is 239 cm³/mol. The second kappa shape index (κ2) is 16.7. The van der Waals surface area contributed by atoms with Gasteiger partial charge in [0.1, 0.15) is 29.5 Å². The Morgan fingerprint density at radius 3 is 2.31 bits per heavy atom. The van der Waals surface area contributed by atoms with Crippen LogP contribution in [0.15, 0.2) is 108 Å². The number of para-hydroxylation sites is 1. The standard InChI is InChI=1S/C30H34N2O3.C21H18N2O3/c1-22-28-20-26(34)12-15-29(28)32(30(22)24-8-10-25(33)11-9-24)21-23-6-13-27(14-7-23)35-19-18-31-16-4-2-3-5-17-31;1-2-21(26)15-10-17-19-13(9-12-5-3-4-6-16(12)22-19)11-23(17)20(25)14(15)7-8-18(21)24/h6-15,20,33-34H,2-5,16-19,21H2,1H3;3-6,9-10,26H,2,7-8,11H2,1H3/t;21-/m.0/s1. The highest BCUT2D eigenvalue weighted by atomic mass is 16.5. The molecule has 2 aliphatic heterocycles. The third-order valence-corrected chi connectivity index (χ3v) is 12.9. The first-order chi connectivity index (χ1) is 29.6. The molecule has 1 fully saturated rings. The van der Waals surface area contributed by atoms with Crippen molar-refractivity contribution in [1.82, 2.24) is 19.0 Å². The fourth-order valence-corrected chi connectivity index (χ4v) is 9.50. The molecule has 1 atom stereocenters. The minimum absolute atomic E-state index is 0.112. The summed E-state index contributed by atoms with van der Waals surface area (Å²) >= 11 is 0. The van der Waals surface area contributed by atoms with Crippen LogP contribution in [0.25, 0.3) is 44.5 Å². The van der Waals surface area contributed by atoms with Crippen LogP contribution in [0.1, 0.15) is 73.3 Å². The molecule has 0 spiro atoms. The second-order valence-corrected chi connectivity index (χ2v) is 16.7. The SMILES string of the molecule is CC[C@@]1(O)C(=O)CCc2c1cc1n(c2=O)Cc2cc3ccccc3nc2-1.Cc1c(-c2ccc(O)cc2)n(Cc2ccc(OCCN3CCCCCC3)cc2)c2ccc(O)cc12. The number of nitrogens with zero attached hydrogens (tertiary/aromatic N) is 4. The van der Waals surface area contributed by atoms with Crippen LogP contribution >= 0.6 is 0 Å². The van der Waals surface area contributed by atoms with E-state index >= 15 is 0 Å². The molecule has 10 rings (SSSR count). The molecule has 7 aromatic rings. The Morgan fingerprint density at radius 1 is 0.820 bits per heavy atom. The van der Waals surface area contributed by atoms with Crippen molar-refractivity contribution in [3.05, 3.63) is 141 Å². The van der Waals surface area contributed by atoms with Crippen molar-refractivity contribution in [2.75, 3.05) is 26.2 Å². The minimum atomic E-state index is -1.57. The number of hydrogen-bond acceptors (Lipinski definition) is 8. The lowest BCUT2D eigenvalue weighted by atomic mass is 9.77. The maximum absolute atomic E-state index is 13.1. The summed E-state index contributed by atoms with van der Waals surface area (Å²) < 4.78 is 10.1. The van der Waals surface area contributed by atoms with Crippen LogP contribution in [-0.2, 0) is 29.9 Å². The lowest BCUT2D eigenvalue weighted by molar-refractivity contribution is -0.140. The van der Waals surface area contributed by atoms with Crippen molar-refractivity contribution in [2.24, 2.45) is 0 Å². The first-order valence-corrected chi connectivity index (χ1v) is 21.6. The maximum Gasteiger partial charge on any atom is 0.254 e. The monoisotopic (exact) mass is 816 g/mol. The number of rotatable bonds is 8. The quantitative estimate of drug-likeness (QED) is 0.139. The molecule has 0 unspecified atom stereocenters. The summed E-state index contributed by atoms with van der Waals surface area (Å²) in [5.41, 5.74) is 8.14. The topological polar surface area (TPSA) is 130 Å². The number of likely N-dealkylation sites (tertiary alicyclic amines) is 1. The van der Waals surface area contributed by atoms with Crippen molar-refractivity contribution < 1.29 is 24.9 Å². The van der Waals surface area contributed by atoms with E-state index in [9.17, 15) is 24.9 Å². The number of pyridine rings is 2. The third kappa shape index (κ3) is 7.70. The Balaban J connectivity index is 0.000000163. The van der Waals surface area contributed by atoms with Gasteiger partial charge in [0.2, 0.25) is 0 Å². The number of aromatic hydroxyl groups is 2. The lowest BCUT2D eigenvalue weighted by Gasteiger charge is -2.32. The van der Waals surface area contributed by atoms with Gasteiger partial charge in [-0.3, -0.25) is 14.5 Å². The molecule has 1 aliphatic carbocycles. The third-order valence-electron chi connectivity index (χ3n) is 12.9. The zero-order chi connectivity index (χ0) is 42.3. The van der Waals surface area contributed by atoms with Crippen LogP contribution in [0, 0.1) is 6.92 Å². The number of aromatic nitrogens is 3. The Morgan fingerprint density at radius 2 is 1.56 bits per heavy atom. The van der Waals surface area contributed by atoms with E-state index in [0.29, 0.717) is 36.3 Å². The van der Waals surface area contributed by atoms with Gasteiger partial charge in [-0.1, -0.05) is 50.1 Å². The van der Waals surface area contributed by atoms with Gasteiger partial charge in [0, 0.05) is 52.5 Å². The zero-order valence-electron chi connectivity index (χ0n) is 34.9. The summed E-state index contributed by atoms with van der Waals surface area (Å²) in [6, 6.07) is 33.0. The molecule has 4 aromatic carbocycles. The fourth-order valence-electron chi connectivity index (χ4n) is 9.50. The van der Waals surface area contributed by atoms with Gasteiger partial charge in [-0.25, -0.2) is 4.98 Å². The van der Waals surface area contributed by atoms with E-state index in [2.05, 4.69) is 46.7 Å². The molecule has 0 radical (unpaired) electrons. The number of carbonyl (C=O) groups is 1. The number of fused-ring (bicyclic) bond motifs is 6. The molecule has 5 heterocycles. The Bertz CT molecular complexity index is 2820. The molecular formula is C51H52N4O6. The summed E-state index contributed by atoms with van der Waals surface area (Å²) in [5, 5.41) is 32.9. The smallest absolute Gasteiger partial charge is 0.254 e. The number of aliphatic hydroxyl groups is 1. The average molecular weight is 817 g/mol. The first-order valence-electron chi connectivity index (χ1n) is 21.6. The van der Waals surface area contributed by atoms with Crippen LogP contribution in [0.2, 0.25) is 0 Å². The van der Waals surface area contributed by atoms with E-state index in [1.54, 1.807) is 29.7 Å². The summed E-state index contributed by atoms with van der Waals surface area (Å²) in [6.45, 7) is 9.11. The molecule has 3 aliphatic rings. The summed E-state index contributed by atoms with van der Waals surface area (Å²) in [7, 11) is 0. The first kappa shape index (κ1) is 40.2. The highest BCUT2D eigenvalue weighted by Crippen LogP contribution is 2.40. The number of phenols is 2. The average Bonchev–Trinajstić information content (AvgIpc) is 3.61. The van der Waals surface area contributed by atoms with Gasteiger partial charge in [-0.05, 0) is 135 Å². The second-order valence-electron chi connectivity index (χ2n) is 16.7. The molecule has 10 nitrogen and oxygen atoms in total. The van der Waals surface area contributed by atoms with E-state index in [0.717, 1.165) is 68.8 Å². The Kier molecular flexibility index (Phi) is 11.0. The van der Waals surface area contributed by atoms with E-state index in [-0.39, 0.29) is 35.7 Å². The van der Waals surface area contributed by atoms with Gasteiger partial charge in [-0.2, -0.15) is 0 Å². The Hall–Kier alpha value is -6.23. The van der Waals surface area contributed by atoms with E-state index in [4.69, 9.17) is 9.72 Å². The molecule has 0 amide bonds. The Labute approximate surface area is 355 Å². The number of phenolic OH excluding ortho intramolecular Hbond substituents is 2. The molecule has 0 saturated carbocycles. The number of hydrogen-bond donors (Lipinski definition) is 3. The summed E-state index contributed by atoms with van der Waals surface area (Å²) in [5.74, 6) is 1.21. The van der Waals surface area contributed by atoms with Crippen LogP contribution in [0.5, 0.6) is 17.2 Å². The number of ether oxygens (including phenoxy) is 1.